The molecule has 2 atom stereocenters. The Morgan fingerprint density at radius 1 is 1.32 bits per heavy atom. The quantitative estimate of drug-likeness (QED) is 0.885. The van der Waals surface area contributed by atoms with Gasteiger partial charge in [0.15, 0.2) is 0 Å². The lowest BCUT2D eigenvalue weighted by Crippen LogP contribution is -2.36. The van der Waals surface area contributed by atoms with Crippen molar-refractivity contribution in [1.29, 1.82) is 0 Å². The molecule has 3 heteroatoms. The average Bonchev–Trinajstić information content (AvgIpc) is 3.16. The number of hydrogen-bond acceptors (Lipinski definition) is 2. The molecule has 1 amide bonds. The second-order valence-electron chi connectivity index (χ2n) is 5.63. The molecule has 0 bridgehead atoms. The molecule has 1 aliphatic heterocycles. The highest BCUT2D eigenvalue weighted by Gasteiger charge is 2.41. The Balaban J connectivity index is 1.66. The third kappa shape index (κ3) is 2.50. The summed E-state index contributed by atoms with van der Waals surface area (Å²) in [4.78, 5) is 14.1. The molecule has 2 aliphatic rings. The predicted molar refractivity (Wildman–Crippen MR) is 74.6 cm³/mol. The van der Waals surface area contributed by atoms with Gasteiger partial charge in [-0.25, -0.2) is 0 Å². The lowest BCUT2D eigenvalue weighted by atomic mass is 9.99. The SMILES string of the molecule is CC1CC1C(=O)N1CC=C(c2ccc(O)cc2)CC1. The van der Waals surface area contributed by atoms with Crippen LogP contribution in [0.15, 0.2) is 30.3 Å². The van der Waals surface area contributed by atoms with E-state index < -0.39 is 0 Å². The number of carbonyl (C=O) groups is 1. The van der Waals surface area contributed by atoms with Crippen molar-refractivity contribution >= 4 is 11.5 Å². The van der Waals surface area contributed by atoms with Crippen LogP contribution in [0.3, 0.4) is 0 Å². The Bertz CT molecular complexity index is 518. The minimum atomic E-state index is 0.281. The summed E-state index contributed by atoms with van der Waals surface area (Å²) in [6.45, 7) is 3.68. The molecule has 0 radical (unpaired) electrons. The lowest BCUT2D eigenvalue weighted by Gasteiger charge is -2.27. The molecule has 19 heavy (non-hydrogen) atoms. The van der Waals surface area contributed by atoms with Crippen LogP contribution in [-0.2, 0) is 4.79 Å². The summed E-state index contributed by atoms with van der Waals surface area (Å²) in [5, 5.41) is 9.29. The van der Waals surface area contributed by atoms with E-state index in [1.54, 1.807) is 12.1 Å². The molecule has 1 N–H and O–H groups in total. The van der Waals surface area contributed by atoms with Gasteiger partial charge in [-0.3, -0.25) is 4.79 Å². The van der Waals surface area contributed by atoms with Gasteiger partial charge in [0.05, 0.1) is 0 Å². The number of amides is 1. The largest absolute Gasteiger partial charge is 0.508 e. The summed E-state index contributed by atoms with van der Waals surface area (Å²) in [6, 6.07) is 7.28. The van der Waals surface area contributed by atoms with Crippen LogP contribution in [0.5, 0.6) is 5.75 Å². The fourth-order valence-electron chi connectivity index (χ4n) is 2.71. The number of phenolic OH excluding ortho intramolecular Hbond substituents is 1. The van der Waals surface area contributed by atoms with Crippen LogP contribution in [0.4, 0.5) is 0 Å². The van der Waals surface area contributed by atoms with Crippen molar-refractivity contribution in [2.75, 3.05) is 13.1 Å². The Labute approximate surface area is 113 Å². The van der Waals surface area contributed by atoms with Gasteiger partial charge in [0.2, 0.25) is 5.91 Å². The average molecular weight is 257 g/mol. The van der Waals surface area contributed by atoms with Crippen molar-refractivity contribution in [3.05, 3.63) is 35.9 Å². The normalized spacial score (nSPS) is 25.9. The van der Waals surface area contributed by atoms with E-state index in [-0.39, 0.29) is 5.92 Å². The molecular weight excluding hydrogens is 238 g/mol. The highest BCUT2D eigenvalue weighted by atomic mass is 16.3. The van der Waals surface area contributed by atoms with E-state index in [1.165, 1.54) is 5.57 Å². The zero-order valence-corrected chi connectivity index (χ0v) is 11.2. The van der Waals surface area contributed by atoms with Gasteiger partial charge in [0.1, 0.15) is 5.75 Å². The van der Waals surface area contributed by atoms with Gasteiger partial charge in [0.25, 0.3) is 0 Å². The van der Waals surface area contributed by atoms with Gasteiger partial charge in [-0.15, -0.1) is 0 Å². The van der Waals surface area contributed by atoms with Crippen LogP contribution in [0, 0.1) is 11.8 Å². The summed E-state index contributed by atoms with van der Waals surface area (Å²) in [5.41, 5.74) is 2.41. The minimum absolute atomic E-state index is 0.281. The molecule has 1 aliphatic carbocycles. The molecule has 1 aromatic carbocycles. The molecule has 1 fully saturated rings. The topological polar surface area (TPSA) is 40.5 Å². The van der Waals surface area contributed by atoms with Crippen molar-refractivity contribution in [3.63, 3.8) is 0 Å². The van der Waals surface area contributed by atoms with Gasteiger partial charge in [-0.05, 0) is 42.0 Å². The standard InChI is InChI=1S/C16H19NO2/c1-11-10-15(11)16(19)17-8-6-13(7-9-17)12-2-4-14(18)5-3-12/h2-6,11,15,18H,7-10H2,1H3. The lowest BCUT2D eigenvalue weighted by molar-refractivity contribution is -0.132. The molecule has 0 aromatic heterocycles. The fraction of sp³-hybridized carbons (Fsp3) is 0.438. The van der Waals surface area contributed by atoms with Crippen molar-refractivity contribution in [1.82, 2.24) is 4.90 Å². The maximum Gasteiger partial charge on any atom is 0.226 e. The Kier molecular flexibility index (Phi) is 3.05. The number of hydrogen-bond donors (Lipinski definition) is 1. The fourth-order valence-corrected chi connectivity index (χ4v) is 2.71. The second-order valence-corrected chi connectivity index (χ2v) is 5.63. The minimum Gasteiger partial charge on any atom is -0.508 e. The third-order valence-corrected chi connectivity index (χ3v) is 4.19. The van der Waals surface area contributed by atoms with Crippen LogP contribution in [-0.4, -0.2) is 29.0 Å². The van der Waals surface area contributed by atoms with Crippen molar-refractivity contribution in [2.45, 2.75) is 19.8 Å². The summed E-state index contributed by atoms with van der Waals surface area (Å²) in [6.07, 6.45) is 4.10. The number of aromatic hydroxyl groups is 1. The molecule has 1 aromatic rings. The number of phenols is 1. The predicted octanol–water partition coefficient (Wildman–Crippen LogP) is 2.66. The first kappa shape index (κ1) is 12.3. The van der Waals surface area contributed by atoms with Gasteiger partial charge < -0.3 is 10.0 Å². The third-order valence-electron chi connectivity index (χ3n) is 4.19. The zero-order chi connectivity index (χ0) is 13.4. The van der Waals surface area contributed by atoms with Crippen LogP contribution >= 0.6 is 0 Å². The first-order chi connectivity index (χ1) is 9.15. The molecule has 3 rings (SSSR count). The first-order valence-corrected chi connectivity index (χ1v) is 6.92. The van der Waals surface area contributed by atoms with Gasteiger partial charge in [-0.1, -0.05) is 25.1 Å². The van der Waals surface area contributed by atoms with Crippen LogP contribution in [0.1, 0.15) is 25.3 Å². The van der Waals surface area contributed by atoms with E-state index in [9.17, 15) is 9.90 Å². The molecular formula is C16H19NO2. The maximum atomic E-state index is 12.1. The van der Waals surface area contributed by atoms with E-state index in [0.717, 1.165) is 31.5 Å². The van der Waals surface area contributed by atoms with Crippen molar-refractivity contribution in [3.8, 4) is 5.75 Å². The van der Waals surface area contributed by atoms with E-state index >= 15 is 0 Å². The van der Waals surface area contributed by atoms with Crippen LogP contribution in [0.2, 0.25) is 0 Å². The number of benzene rings is 1. The highest BCUT2D eigenvalue weighted by molar-refractivity contribution is 5.83. The van der Waals surface area contributed by atoms with E-state index in [0.29, 0.717) is 17.6 Å². The molecule has 3 nitrogen and oxygen atoms in total. The van der Waals surface area contributed by atoms with Crippen LogP contribution < -0.4 is 0 Å². The van der Waals surface area contributed by atoms with Crippen molar-refractivity contribution < 1.29 is 9.90 Å². The van der Waals surface area contributed by atoms with E-state index in [4.69, 9.17) is 0 Å². The van der Waals surface area contributed by atoms with Gasteiger partial charge in [0, 0.05) is 19.0 Å². The number of rotatable bonds is 2. The second kappa shape index (κ2) is 4.72. The summed E-state index contributed by atoms with van der Waals surface area (Å²) >= 11 is 0. The zero-order valence-electron chi connectivity index (χ0n) is 11.2. The molecule has 100 valence electrons. The Morgan fingerprint density at radius 2 is 2.00 bits per heavy atom. The monoisotopic (exact) mass is 257 g/mol. The maximum absolute atomic E-state index is 12.1. The summed E-state index contributed by atoms with van der Waals surface area (Å²) in [5.74, 6) is 1.48. The smallest absolute Gasteiger partial charge is 0.226 e. The molecule has 2 unspecified atom stereocenters. The number of nitrogens with zero attached hydrogens (tertiary/aromatic N) is 1. The number of carbonyl (C=O) groups excluding carboxylic acids is 1. The summed E-state index contributed by atoms with van der Waals surface area (Å²) < 4.78 is 0. The van der Waals surface area contributed by atoms with E-state index in [1.807, 2.05) is 17.0 Å². The molecule has 1 heterocycles. The molecule has 0 saturated heterocycles. The highest BCUT2D eigenvalue weighted by Crippen LogP contribution is 2.39. The van der Waals surface area contributed by atoms with E-state index in [2.05, 4.69) is 13.0 Å². The first-order valence-electron chi connectivity index (χ1n) is 6.92. The Hall–Kier alpha value is -1.77. The van der Waals surface area contributed by atoms with Gasteiger partial charge >= 0.3 is 0 Å². The molecule has 1 saturated carbocycles. The van der Waals surface area contributed by atoms with Gasteiger partial charge in [-0.2, -0.15) is 0 Å². The molecule has 0 spiro atoms. The van der Waals surface area contributed by atoms with Crippen LogP contribution in [0.25, 0.3) is 5.57 Å². The van der Waals surface area contributed by atoms with Crippen molar-refractivity contribution in [2.24, 2.45) is 11.8 Å². The Morgan fingerprint density at radius 3 is 2.53 bits per heavy atom. The summed E-state index contributed by atoms with van der Waals surface area (Å²) in [7, 11) is 0.